The molecule has 0 bridgehead atoms. The summed E-state index contributed by atoms with van der Waals surface area (Å²) in [6.45, 7) is 0. The van der Waals surface area contributed by atoms with Crippen molar-refractivity contribution in [2.75, 3.05) is 7.11 Å². The van der Waals surface area contributed by atoms with Gasteiger partial charge in [0.25, 0.3) is 0 Å². The highest BCUT2D eigenvalue weighted by molar-refractivity contribution is 5.36. The zero-order chi connectivity index (χ0) is 14.4. The van der Waals surface area contributed by atoms with Crippen LogP contribution >= 0.6 is 0 Å². The summed E-state index contributed by atoms with van der Waals surface area (Å²) < 4.78 is 18.8. The van der Waals surface area contributed by atoms with E-state index in [1.807, 2.05) is 0 Å². The van der Waals surface area contributed by atoms with Crippen LogP contribution in [0.4, 0.5) is 4.39 Å². The Morgan fingerprint density at radius 1 is 1.35 bits per heavy atom. The highest BCUT2D eigenvalue weighted by Gasteiger charge is 2.19. The van der Waals surface area contributed by atoms with Crippen LogP contribution in [0.5, 0.6) is 5.75 Å². The topological polar surface area (TPSA) is 47.3 Å². The van der Waals surface area contributed by atoms with Gasteiger partial charge in [0.15, 0.2) is 0 Å². The van der Waals surface area contributed by atoms with Crippen molar-refractivity contribution in [3.63, 3.8) is 0 Å². The molecule has 3 N–H and O–H groups in total. The second-order valence-corrected chi connectivity index (χ2v) is 5.69. The van der Waals surface area contributed by atoms with E-state index >= 15 is 0 Å². The molecule has 20 heavy (non-hydrogen) atoms. The quantitative estimate of drug-likeness (QED) is 0.617. The second-order valence-electron chi connectivity index (χ2n) is 5.69. The smallest absolute Gasteiger partial charge is 0.123 e. The lowest BCUT2D eigenvalue weighted by Crippen LogP contribution is -2.29. The van der Waals surface area contributed by atoms with Crippen molar-refractivity contribution in [3.05, 3.63) is 29.6 Å². The predicted molar refractivity (Wildman–Crippen MR) is 78.8 cm³/mol. The summed E-state index contributed by atoms with van der Waals surface area (Å²) in [4.78, 5) is 0. The molecule has 0 heterocycles. The maximum Gasteiger partial charge on any atom is 0.123 e. The van der Waals surface area contributed by atoms with E-state index in [0.717, 1.165) is 24.3 Å². The summed E-state index contributed by atoms with van der Waals surface area (Å²) in [5.74, 6) is 6.90. The standard InChI is InChI=1S/C16H25FN2O/c1-20-16-10-8-13(17)11-14(16)15(19-18)9-7-12-5-3-2-4-6-12/h8,10-12,15,19H,2-7,9,18H2,1H3. The molecule has 0 aromatic heterocycles. The fourth-order valence-electron chi connectivity index (χ4n) is 3.18. The minimum atomic E-state index is -0.251. The Kier molecular flexibility index (Phi) is 5.80. The van der Waals surface area contributed by atoms with E-state index in [1.165, 1.54) is 44.2 Å². The van der Waals surface area contributed by atoms with Crippen LogP contribution in [-0.2, 0) is 0 Å². The average molecular weight is 280 g/mol. The molecule has 3 nitrogen and oxygen atoms in total. The Hall–Kier alpha value is -1.13. The molecule has 1 atom stereocenters. The number of benzene rings is 1. The summed E-state index contributed by atoms with van der Waals surface area (Å²) in [5.41, 5.74) is 3.62. The van der Waals surface area contributed by atoms with Gasteiger partial charge in [-0.25, -0.2) is 4.39 Å². The van der Waals surface area contributed by atoms with E-state index in [2.05, 4.69) is 5.43 Å². The van der Waals surface area contributed by atoms with Crippen LogP contribution < -0.4 is 16.0 Å². The largest absolute Gasteiger partial charge is 0.496 e. The molecule has 1 unspecified atom stereocenters. The van der Waals surface area contributed by atoms with Crippen LogP contribution in [0.1, 0.15) is 56.6 Å². The first-order valence-electron chi connectivity index (χ1n) is 7.54. The van der Waals surface area contributed by atoms with Crippen LogP contribution in [0.15, 0.2) is 18.2 Å². The molecule has 0 radical (unpaired) electrons. The zero-order valence-corrected chi connectivity index (χ0v) is 12.2. The van der Waals surface area contributed by atoms with Gasteiger partial charge in [0.2, 0.25) is 0 Å². The third kappa shape index (κ3) is 3.93. The van der Waals surface area contributed by atoms with Gasteiger partial charge in [-0.3, -0.25) is 11.3 Å². The molecule has 1 aliphatic carbocycles. The Morgan fingerprint density at radius 2 is 2.10 bits per heavy atom. The van der Waals surface area contributed by atoms with Crippen LogP contribution in [0.3, 0.4) is 0 Å². The Labute approximate surface area is 120 Å². The lowest BCUT2D eigenvalue weighted by atomic mass is 9.84. The molecule has 2 rings (SSSR count). The molecule has 0 aliphatic heterocycles. The molecule has 1 aromatic carbocycles. The fourth-order valence-corrected chi connectivity index (χ4v) is 3.18. The van der Waals surface area contributed by atoms with Crippen LogP contribution in [0.2, 0.25) is 0 Å². The normalized spacial score (nSPS) is 17.9. The summed E-state index contributed by atoms with van der Waals surface area (Å²) in [7, 11) is 1.60. The zero-order valence-electron chi connectivity index (χ0n) is 12.2. The summed E-state index contributed by atoms with van der Waals surface area (Å²) in [6, 6.07) is 4.54. The first-order valence-corrected chi connectivity index (χ1v) is 7.54. The van der Waals surface area contributed by atoms with Gasteiger partial charge in [-0.05, 0) is 37.0 Å². The minimum Gasteiger partial charge on any atom is -0.496 e. The van der Waals surface area contributed by atoms with Gasteiger partial charge in [-0.1, -0.05) is 32.1 Å². The monoisotopic (exact) mass is 280 g/mol. The lowest BCUT2D eigenvalue weighted by molar-refractivity contribution is 0.311. The maximum atomic E-state index is 13.5. The molecule has 0 amide bonds. The molecule has 1 aliphatic rings. The number of nitrogens with two attached hydrogens (primary N) is 1. The predicted octanol–water partition coefficient (Wildman–Crippen LogP) is 3.70. The van der Waals surface area contributed by atoms with Crippen LogP contribution in [0.25, 0.3) is 0 Å². The fraction of sp³-hybridized carbons (Fsp3) is 0.625. The van der Waals surface area contributed by atoms with Gasteiger partial charge < -0.3 is 4.74 Å². The second kappa shape index (κ2) is 7.60. The van der Waals surface area contributed by atoms with Gasteiger partial charge in [-0.2, -0.15) is 0 Å². The van der Waals surface area contributed by atoms with Crippen molar-refractivity contribution in [1.29, 1.82) is 0 Å². The van der Waals surface area contributed by atoms with E-state index in [-0.39, 0.29) is 11.9 Å². The third-order valence-electron chi connectivity index (χ3n) is 4.36. The van der Waals surface area contributed by atoms with E-state index in [1.54, 1.807) is 13.2 Å². The molecule has 0 spiro atoms. The molecule has 4 heteroatoms. The maximum absolute atomic E-state index is 13.5. The van der Waals surface area contributed by atoms with Gasteiger partial charge in [0.05, 0.1) is 7.11 Å². The van der Waals surface area contributed by atoms with Crippen molar-refractivity contribution in [3.8, 4) is 5.75 Å². The van der Waals surface area contributed by atoms with Crippen molar-refractivity contribution in [2.45, 2.75) is 51.0 Å². The molecule has 1 aromatic rings. The van der Waals surface area contributed by atoms with Crippen molar-refractivity contribution >= 4 is 0 Å². The third-order valence-corrected chi connectivity index (χ3v) is 4.36. The summed E-state index contributed by atoms with van der Waals surface area (Å²) >= 11 is 0. The summed E-state index contributed by atoms with van der Waals surface area (Å²) in [6.07, 6.45) is 8.74. The Bertz CT molecular complexity index is 419. The number of hydrogen-bond donors (Lipinski definition) is 2. The highest BCUT2D eigenvalue weighted by atomic mass is 19.1. The first kappa shape index (κ1) is 15.3. The van der Waals surface area contributed by atoms with Crippen LogP contribution in [-0.4, -0.2) is 7.11 Å². The number of nitrogens with one attached hydrogen (secondary N) is 1. The van der Waals surface area contributed by atoms with Gasteiger partial charge >= 0.3 is 0 Å². The lowest BCUT2D eigenvalue weighted by Gasteiger charge is -2.25. The minimum absolute atomic E-state index is 0.0532. The van der Waals surface area contributed by atoms with Crippen molar-refractivity contribution in [2.24, 2.45) is 11.8 Å². The average Bonchev–Trinajstić information content (AvgIpc) is 2.49. The SMILES string of the molecule is COc1ccc(F)cc1C(CCC1CCCCC1)NN. The molecular weight excluding hydrogens is 255 g/mol. The van der Waals surface area contributed by atoms with Crippen molar-refractivity contribution < 1.29 is 9.13 Å². The molecule has 0 saturated heterocycles. The van der Waals surface area contributed by atoms with Gasteiger partial charge in [-0.15, -0.1) is 0 Å². The number of hydrazine groups is 1. The Balaban J connectivity index is 2.01. The Morgan fingerprint density at radius 3 is 2.75 bits per heavy atom. The highest BCUT2D eigenvalue weighted by Crippen LogP contribution is 2.33. The van der Waals surface area contributed by atoms with E-state index in [9.17, 15) is 4.39 Å². The first-order chi connectivity index (χ1) is 9.74. The van der Waals surface area contributed by atoms with Gasteiger partial charge in [0, 0.05) is 11.6 Å². The molecule has 1 saturated carbocycles. The molecule has 1 fully saturated rings. The van der Waals surface area contributed by atoms with Crippen LogP contribution in [0, 0.1) is 11.7 Å². The number of ether oxygens (including phenoxy) is 1. The number of halogens is 1. The van der Waals surface area contributed by atoms with E-state index in [4.69, 9.17) is 10.6 Å². The van der Waals surface area contributed by atoms with Gasteiger partial charge in [0.1, 0.15) is 11.6 Å². The van der Waals surface area contributed by atoms with E-state index in [0.29, 0.717) is 5.75 Å². The number of methoxy groups -OCH3 is 1. The molecular formula is C16H25FN2O. The summed E-state index contributed by atoms with van der Waals surface area (Å²) in [5, 5.41) is 0. The number of rotatable bonds is 6. The van der Waals surface area contributed by atoms with Crippen molar-refractivity contribution in [1.82, 2.24) is 5.43 Å². The van der Waals surface area contributed by atoms with E-state index < -0.39 is 0 Å². The molecule has 112 valence electrons. The number of hydrogen-bond acceptors (Lipinski definition) is 3.